The SMILES string of the molecule is CC(CCc1ccccc1)NCC(O)COc1cccc(CC(N)=O)c1.O=C(O)C=CC(=O)O. The van der Waals surface area contributed by atoms with E-state index in [1.54, 1.807) is 12.1 Å². The summed E-state index contributed by atoms with van der Waals surface area (Å²) in [6.45, 7) is 2.78. The summed E-state index contributed by atoms with van der Waals surface area (Å²) in [5.74, 6) is -2.27. The number of aliphatic carboxylic acids is 2. The molecule has 0 aromatic heterocycles. The van der Waals surface area contributed by atoms with E-state index in [1.807, 2.05) is 30.3 Å². The van der Waals surface area contributed by atoms with Crippen molar-refractivity contribution < 1.29 is 34.4 Å². The summed E-state index contributed by atoms with van der Waals surface area (Å²) < 4.78 is 5.61. The van der Waals surface area contributed by atoms with Crippen LogP contribution in [0.4, 0.5) is 0 Å². The highest BCUT2D eigenvalue weighted by Gasteiger charge is 2.09. The van der Waals surface area contributed by atoms with Gasteiger partial charge in [0, 0.05) is 24.7 Å². The first-order chi connectivity index (χ1) is 16.2. The van der Waals surface area contributed by atoms with Gasteiger partial charge in [0.2, 0.25) is 5.91 Å². The molecule has 9 heteroatoms. The van der Waals surface area contributed by atoms with Gasteiger partial charge in [-0.2, -0.15) is 0 Å². The van der Waals surface area contributed by atoms with E-state index in [9.17, 15) is 19.5 Å². The molecule has 0 fully saturated rings. The largest absolute Gasteiger partial charge is 0.491 e. The number of primary amides is 1. The molecule has 0 heterocycles. The van der Waals surface area contributed by atoms with Gasteiger partial charge in [0.25, 0.3) is 0 Å². The number of hydrogen-bond acceptors (Lipinski definition) is 6. The van der Waals surface area contributed by atoms with E-state index >= 15 is 0 Å². The van der Waals surface area contributed by atoms with Gasteiger partial charge in [0.15, 0.2) is 0 Å². The van der Waals surface area contributed by atoms with Crippen LogP contribution in [0.15, 0.2) is 66.7 Å². The van der Waals surface area contributed by atoms with Crippen LogP contribution in [0, 0.1) is 0 Å². The molecule has 0 aliphatic carbocycles. The number of carboxylic acid groups (broad SMARTS) is 2. The topological polar surface area (TPSA) is 159 Å². The number of rotatable bonds is 13. The standard InChI is InChI=1S/C21H28N2O3.C4H4O4/c1-16(10-11-17-6-3-2-4-7-17)23-14-19(24)15-26-20-9-5-8-18(12-20)13-21(22)25;5-3(6)1-2-4(7)8/h2-9,12,16,19,23-24H,10-11,13-15H2,1H3,(H2,22,25);1-2H,(H,5,6)(H,7,8). The lowest BCUT2D eigenvalue weighted by atomic mass is 10.1. The summed E-state index contributed by atoms with van der Waals surface area (Å²) in [6, 6.07) is 17.9. The van der Waals surface area contributed by atoms with E-state index in [0.717, 1.165) is 18.4 Å². The summed E-state index contributed by atoms with van der Waals surface area (Å²) in [6.07, 6.45) is 2.71. The Balaban J connectivity index is 0.000000620. The molecular formula is C25H32N2O7. The molecule has 2 unspecified atom stereocenters. The van der Waals surface area contributed by atoms with E-state index < -0.39 is 18.0 Å². The second kappa shape index (κ2) is 16.0. The Hall–Kier alpha value is -3.69. The maximum Gasteiger partial charge on any atom is 0.328 e. The van der Waals surface area contributed by atoms with Gasteiger partial charge in [-0.25, -0.2) is 9.59 Å². The summed E-state index contributed by atoms with van der Waals surface area (Å²) in [7, 11) is 0. The number of carboxylic acids is 2. The highest BCUT2D eigenvalue weighted by molar-refractivity contribution is 5.89. The molecule has 184 valence electrons. The van der Waals surface area contributed by atoms with Crippen molar-refractivity contribution in [3.05, 3.63) is 77.9 Å². The zero-order chi connectivity index (χ0) is 25.3. The number of carbonyl (C=O) groups is 3. The third-order valence-corrected chi connectivity index (χ3v) is 4.50. The normalized spacial score (nSPS) is 12.3. The fourth-order valence-electron chi connectivity index (χ4n) is 2.81. The molecule has 34 heavy (non-hydrogen) atoms. The van der Waals surface area contributed by atoms with Crippen LogP contribution in [0.1, 0.15) is 24.5 Å². The highest BCUT2D eigenvalue weighted by atomic mass is 16.5. The Kier molecular flexibility index (Phi) is 13.3. The number of aliphatic hydroxyl groups excluding tert-OH is 1. The first-order valence-corrected chi connectivity index (χ1v) is 10.7. The summed E-state index contributed by atoms with van der Waals surface area (Å²) in [5, 5.41) is 29.1. The van der Waals surface area contributed by atoms with Crippen LogP contribution in [-0.2, 0) is 27.2 Å². The smallest absolute Gasteiger partial charge is 0.328 e. The number of aryl methyl sites for hydroxylation is 1. The molecule has 2 aromatic carbocycles. The third kappa shape index (κ3) is 14.4. The van der Waals surface area contributed by atoms with E-state index in [1.165, 1.54) is 5.56 Å². The van der Waals surface area contributed by atoms with Crippen LogP contribution >= 0.6 is 0 Å². The number of nitrogens with two attached hydrogens (primary N) is 1. The number of nitrogens with one attached hydrogen (secondary N) is 1. The molecule has 2 rings (SSSR count). The van der Waals surface area contributed by atoms with Crippen LogP contribution in [-0.4, -0.2) is 58.5 Å². The van der Waals surface area contributed by atoms with Gasteiger partial charge >= 0.3 is 11.9 Å². The molecule has 0 saturated carbocycles. The van der Waals surface area contributed by atoms with Gasteiger partial charge in [-0.3, -0.25) is 4.79 Å². The van der Waals surface area contributed by atoms with Crippen molar-refractivity contribution in [1.29, 1.82) is 0 Å². The molecule has 0 aliphatic heterocycles. The van der Waals surface area contributed by atoms with Gasteiger partial charge in [0.1, 0.15) is 18.5 Å². The summed E-state index contributed by atoms with van der Waals surface area (Å²) in [4.78, 5) is 30.1. The molecule has 0 saturated heterocycles. The van der Waals surface area contributed by atoms with Gasteiger partial charge in [0.05, 0.1) is 6.42 Å². The maximum absolute atomic E-state index is 11.0. The summed E-state index contributed by atoms with van der Waals surface area (Å²) >= 11 is 0. The molecule has 0 radical (unpaired) electrons. The van der Waals surface area contributed by atoms with Crippen molar-refractivity contribution in [3.8, 4) is 5.75 Å². The Morgan fingerprint density at radius 1 is 1.00 bits per heavy atom. The van der Waals surface area contributed by atoms with Gasteiger partial charge in [-0.05, 0) is 43.0 Å². The first-order valence-electron chi connectivity index (χ1n) is 10.7. The minimum Gasteiger partial charge on any atom is -0.491 e. The molecule has 1 amide bonds. The maximum atomic E-state index is 11.0. The number of ether oxygens (including phenoxy) is 1. The number of benzene rings is 2. The zero-order valence-corrected chi connectivity index (χ0v) is 19.1. The Morgan fingerprint density at radius 2 is 1.62 bits per heavy atom. The number of amides is 1. The van der Waals surface area contributed by atoms with E-state index in [2.05, 4.69) is 24.4 Å². The summed E-state index contributed by atoms with van der Waals surface area (Å²) in [5.41, 5.74) is 7.32. The second-order valence-electron chi connectivity index (χ2n) is 7.60. The quantitative estimate of drug-likeness (QED) is 0.276. The average Bonchev–Trinajstić information content (AvgIpc) is 2.79. The molecular weight excluding hydrogens is 440 g/mol. The van der Waals surface area contributed by atoms with Crippen molar-refractivity contribution in [3.63, 3.8) is 0 Å². The van der Waals surface area contributed by atoms with Crippen molar-refractivity contribution in [2.75, 3.05) is 13.2 Å². The predicted octanol–water partition coefficient (Wildman–Crippen LogP) is 1.78. The van der Waals surface area contributed by atoms with E-state index in [4.69, 9.17) is 20.7 Å². The second-order valence-corrected chi connectivity index (χ2v) is 7.60. The number of hydrogen-bond donors (Lipinski definition) is 5. The molecule has 6 N–H and O–H groups in total. The Bertz CT molecular complexity index is 916. The van der Waals surface area contributed by atoms with Crippen molar-refractivity contribution >= 4 is 17.8 Å². The van der Waals surface area contributed by atoms with Gasteiger partial charge in [-0.15, -0.1) is 0 Å². The fraction of sp³-hybridized carbons (Fsp3) is 0.320. The van der Waals surface area contributed by atoms with Gasteiger partial charge in [-0.1, -0.05) is 42.5 Å². The third-order valence-electron chi connectivity index (χ3n) is 4.50. The minimum absolute atomic E-state index is 0.181. The molecule has 0 aliphatic rings. The van der Waals surface area contributed by atoms with Crippen LogP contribution in [0.3, 0.4) is 0 Å². The minimum atomic E-state index is -1.26. The molecule has 9 nitrogen and oxygen atoms in total. The van der Waals surface area contributed by atoms with E-state index in [-0.39, 0.29) is 18.9 Å². The van der Waals surface area contributed by atoms with Crippen molar-refractivity contribution in [1.82, 2.24) is 5.32 Å². The lowest BCUT2D eigenvalue weighted by Gasteiger charge is -2.18. The molecule has 0 bridgehead atoms. The number of carbonyl (C=O) groups excluding carboxylic acids is 1. The highest BCUT2D eigenvalue weighted by Crippen LogP contribution is 2.14. The van der Waals surface area contributed by atoms with E-state index in [0.29, 0.717) is 30.5 Å². The monoisotopic (exact) mass is 472 g/mol. The average molecular weight is 473 g/mol. The Morgan fingerprint density at radius 3 is 2.21 bits per heavy atom. The van der Waals surface area contributed by atoms with Crippen LogP contribution in [0.25, 0.3) is 0 Å². The Labute approximate surface area is 198 Å². The van der Waals surface area contributed by atoms with Crippen LogP contribution < -0.4 is 15.8 Å². The molecule has 0 spiro atoms. The molecule has 2 atom stereocenters. The van der Waals surface area contributed by atoms with Crippen molar-refractivity contribution in [2.24, 2.45) is 5.73 Å². The first kappa shape index (κ1) is 28.3. The van der Waals surface area contributed by atoms with Crippen molar-refractivity contribution in [2.45, 2.75) is 38.3 Å². The number of aliphatic hydroxyl groups is 1. The van der Waals surface area contributed by atoms with Gasteiger partial charge < -0.3 is 31.1 Å². The van der Waals surface area contributed by atoms with Crippen LogP contribution in [0.2, 0.25) is 0 Å². The molecule has 2 aromatic rings. The van der Waals surface area contributed by atoms with Crippen LogP contribution in [0.5, 0.6) is 5.75 Å². The zero-order valence-electron chi connectivity index (χ0n) is 19.1. The lowest BCUT2D eigenvalue weighted by molar-refractivity contribution is -0.134. The predicted molar refractivity (Wildman–Crippen MR) is 127 cm³/mol. The lowest BCUT2D eigenvalue weighted by Crippen LogP contribution is -2.36. The fourth-order valence-corrected chi connectivity index (χ4v) is 2.81.